The minimum atomic E-state index is -0.320. The van der Waals surface area contributed by atoms with Crippen molar-refractivity contribution in [3.63, 3.8) is 0 Å². The van der Waals surface area contributed by atoms with Crippen molar-refractivity contribution in [2.24, 2.45) is 5.73 Å². The normalized spacial score (nSPS) is 25.0. The number of halogens is 1. The molecule has 1 aromatic rings. The maximum absolute atomic E-state index is 13.9. The van der Waals surface area contributed by atoms with Gasteiger partial charge in [-0.15, -0.1) is 0 Å². The summed E-state index contributed by atoms with van der Waals surface area (Å²) < 4.78 is 25.8. The van der Waals surface area contributed by atoms with E-state index in [-0.39, 0.29) is 17.5 Å². The molecule has 1 spiro atoms. The molecular weight excluding hydrogens is 257 g/mol. The molecule has 4 heteroatoms. The molecule has 0 amide bonds. The van der Waals surface area contributed by atoms with Crippen LogP contribution >= 0.6 is 0 Å². The van der Waals surface area contributed by atoms with Gasteiger partial charge in [0.25, 0.3) is 0 Å². The van der Waals surface area contributed by atoms with Gasteiger partial charge >= 0.3 is 0 Å². The van der Waals surface area contributed by atoms with Crippen LogP contribution in [0.25, 0.3) is 0 Å². The van der Waals surface area contributed by atoms with Crippen LogP contribution in [0.2, 0.25) is 0 Å². The molecule has 2 N–H and O–H groups in total. The predicted octanol–water partition coefficient (Wildman–Crippen LogP) is 3.16. The fraction of sp³-hybridized carbons (Fsp3) is 0.625. The first-order valence-corrected chi connectivity index (χ1v) is 7.50. The molecule has 1 heterocycles. The molecule has 0 radical (unpaired) electrons. The molecule has 0 aromatic heterocycles. The van der Waals surface area contributed by atoms with E-state index in [0.29, 0.717) is 18.9 Å². The summed E-state index contributed by atoms with van der Waals surface area (Å²) in [6.07, 6.45) is 6.45. The zero-order chi connectivity index (χ0) is 14.0. The number of ether oxygens (including phenoxy) is 2. The van der Waals surface area contributed by atoms with Crippen LogP contribution in [0, 0.1) is 5.82 Å². The standard InChI is InChI=1S/C16H22FNO2/c17-14-9-12(11-18)3-4-15(14)20-13-5-8-19-16(10-13)6-1-2-7-16/h3-4,9,13H,1-2,5-8,10-11,18H2. The molecule has 1 saturated heterocycles. The molecule has 3 nitrogen and oxygen atoms in total. The minimum absolute atomic E-state index is 0.00338. The predicted molar refractivity (Wildman–Crippen MR) is 75.1 cm³/mol. The Morgan fingerprint density at radius 1 is 1.35 bits per heavy atom. The van der Waals surface area contributed by atoms with Gasteiger partial charge < -0.3 is 15.2 Å². The van der Waals surface area contributed by atoms with Gasteiger partial charge in [-0.3, -0.25) is 0 Å². The second-order valence-corrected chi connectivity index (χ2v) is 5.94. The van der Waals surface area contributed by atoms with Gasteiger partial charge in [0.2, 0.25) is 0 Å². The summed E-state index contributed by atoms with van der Waals surface area (Å²) in [5.74, 6) is 0.0159. The summed E-state index contributed by atoms with van der Waals surface area (Å²) in [4.78, 5) is 0. The Morgan fingerprint density at radius 2 is 2.15 bits per heavy atom. The highest BCUT2D eigenvalue weighted by Crippen LogP contribution is 2.41. The highest BCUT2D eigenvalue weighted by molar-refractivity contribution is 5.29. The van der Waals surface area contributed by atoms with Crippen LogP contribution in [0.1, 0.15) is 44.1 Å². The van der Waals surface area contributed by atoms with Gasteiger partial charge in [-0.1, -0.05) is 18.9 Å². The Balaban J connectivity index is 1.68. The molecule has 20 heavy (non-hydrogen) atoms. The maximum Gasteiger partial charge on any atom is 0.165 e. The summed E-state index contributed by atoms with van der Waals surface area (Å²) >= 11 is 0. The molecule has 2 aliphatic rings. The molecule has 1 unspecified atom stereocenters. The number of hydrogen-bond donors (Lipinski definition) is 1. The van der Waals surface area contributed by atoms with Crippen LogP contribution in [-0.4, -0.2) is 18.3 Å². The van der Waals surface area contributed by atoms with Crippen LogP contribution in [0.15, 0.2) is 18.2 Å². The Labute approximate surface area is 119 Å². The average Bonchev–Trinajstić information content (AvgIpc) is 2.89. The van der Waals surface area contributed by atoms with E-state index in [1.807, 2.05) is 6.07 Å². The Morgan fingerprint density at radius 3 is 2.85 bits per heavy atom. The van der Waals surface area contributed by atoms with E-state index in [2.05, 4.69) is 0 Å². The Kier molecular flexibility index (Phi) is 3.94. The first kappa shape index (κ1) is 13.8. The molecular formula is C16H22FNO2. The van der Waals surface area contributed by atoms with Crippen LogP contribution in [0.5, 0.6) is 5.75 Å². The summed E-state index contributed by atoms with van der Waals surface area (Å²) in [5.41, 5.74) is 6.29. The van der Waals surface area contributed by atoms with Crippen molar-refractivity contribution >= 4 is 0 Å². The van der Waals surface area contributed by atoms with Gasteiger partial charge in [0.1, 0.15) is 6.10 Å². The van der Waals surface area contributed by atoms with E-state index in [9.17, 15) is 4.39 Å². The van der Waals surface area contributed by atoms with Crippen molar-refractivity contribution in [1.29, 1.82) is 0 Å². The molecule has 3 rings (SSSR count). The fourth-order valence-electron chi connectivity index (χ4n) is 3.40. The van der Waals surface area contributed by atoms with Crippen molar-refractivity contribution in [3.8, 4) is 5.75 Å². The van der Waals surface area contributed by atoms with E-state index in [1.54, 1.807) is 6.07 Å². The molecule has 0 bridgehead atoms. The van der Waals surface area contributed by atoms with Gasteiger partial charge in [0, 0.05) is 19.4 Å². The lowest BCUT2D eigenvalue weighted by Crippen LogP contribution is -2.41. The number of rotatable bonds is 3. The highest BCUT2D eigenvalue weighted by atomic mass is 19.1. The Bertz CT molecular complexity index is 472. The lowest BCUT2D eigenvalue weighted by molar-refractivity contribution is -0.108. The number of hydrogen-bond acceptors (Lipinski definition) is 3. The molecule has 1 aliphatic heterocycles. The van der Waals surface area contributed by atoms with Gasteiger partial charge in [-0.2, -0.15) is 0 Å². The quantitative estimate of drug-likeness (QED) is 0.924. The summed E-state index contributed by atoms with van der Waals surface area (Å²) in [6.45, 7) is 1.06. The highest BCUT2D eigenvalue weighted by Gasteiger charge is 2.40. The molecule has 1 saturated carbocycles. The lowest BCUT2D eigenvalue weighted by Gasteiger charge is -2.38. The number of nitrogens with two attached hydrogens (primary N) is 1. The summed E-state index contributed by atoms with van der Waals surface area (Å²) in [7, 11) is 0. The zero-order valence-electron chi connectivity index (χ0n) is 11.7. The SMILES string of the molecule is NCc1ccc(OC2CCOC3(CCCC3)C2)c(F)c1. The van der Waals surface area contributed by atoms with Crippen molar-refractivity contribution in [2.75, 3.05) is 6.61 Å². The van der Waals surface area contributed by atoms with Crippen molar-refractivity contribution in [1.82, 2.24) is 0 Å². The zero-order valence-corrected chi connectivity index (χ0v) is 11.7. The second kappa shape index (κ2) is 5.70. The number of benzene rings is 1. The van der Waals surface area contributed by atoms with Crippen LogP contribution in [-0.2, 0) is 11.3 Å². The molecule has 110 valence electrons. The van der Waals surface area contributed by atoms with Gasteiger partial charge in [0.05, 0.1) is 12.2 Å². The van der Waals surface area contributed by atoms with Gasteiger partial charge in [-0.25, -0.2) is 4.39 Å². The molecule has 1 aliphatic carbocycles. The van der Waals surface area contributed by atoms with Crippen molar-refractivity contribution < 1.29 is 13.9 Å². The minimum Gasteiger partial charge on any atom is -0.487 e. The molecule has 1 aromatic carbocycles. The first-order valence-electron chi connectivity index (χ1n) is 7.50. The summed E-state index contributed by atoms with van der Waals surface area (Å²) in [5, 5.41) is 0. The average molecular weight is 279 g/mol. The van der Waals surface area contributed by atoms with Crippen LogP contribution < -0.4 is 10.5 Å². The molecule has 2 fully saturated rings. The third-order valence-corrected chi connectivity index (χ3v) is 4.49. The van der Waals surface area contributed by atoms with Crippen LogP contribution in [0.3, 0.4) is 0 Å². The van der Waals surface area contributed by atoms with Crippen LogP contribution in [0.4, 0.5) is 4.39 Å². The van der Waals surface area contributed by atoms with Crippen molar-refractivity contribution in [2.45, 2.75) is 56.8 Å². The van der Waals surface area contributed by atoms with Gasteiger partial charge in [-0.05, 0) is 30.5 Å². The van der Waals surface area contributed by atoms with Crippen molar-refractivity contribution in [3.05, 3.63) is 29.6 Å². The smallest absolute Gasteiger partial charge is 0.165 e. The maximum atomic E-state index is 13.9. The summed E-state index contributed by atoms with van der Waals surface area (Å²) in [6, 6.07) is 4.97. The Hall–Kier alpha value is -1.13. The van der Waals surface area contributed by atoms with E-state index in [4.69, 9.17) is 15.2 Å². The van der Waals surface area contributed by atoms with Gasteiger partial charge in [0.15, 0.2) is 11.6 Å². The first-order chi connectivity index (χ1) is 9.71. The van der Waals surface area contributed by atoms with E-state index >= 15 is 0 Å². The topological polar surface area (TPSA) is 44.5 Å². The molecule has 1 atom stereocenters. The lowest BCUT2D eigenvalue weighted by atomic mass is 9.90. The largest absolute Gasteiger partial charge is 0.487 e. The van der Waals surface area contributed by atoms with E-state index < -0.39 is 0 Å². The fourth-order valence-corrected chi connectivity index (χ4v) is 3.40. The van der Waals surface area contributed by atoms with E-state index in [1.165, 1.54) is 18.9 Å². The third kappa shape index (κ3) is 2.81. The van der Waals surface area contributed by atoms with E-state index in [0.717, 1.165) is 31.2 Å². The third-order valence-electron chi connectivity index (χ3n) is 4.49. The second-order valence-electron chi connectivity index (χ2n) is 5.94. The monoisotopic (exact) mass is 279 g/mol.